The van der Waals surface area contributed by atoms with Crippen LogP contribution < -0.4 is 10.6 Å². The van der Waals surface area contributed by atoms with Crippen LogP contribution in [-0.4, -0.2) is 40.2 Å². The quantitative estimate of drug-likeness (QED) is 0.769. The van der Waals surface area contributed by atoms with Crippen molar-refractivity contribution in [3.8, 4) is 11.4 Å². The highest BCUT2D eigenvalue weighted by Gasteiger charge is 2.23. The monoisotopic (exact) mass is 363 g/mol. The van der Waals surface area contributed by atoms with Crippen LogP contribution in [-0.2, 0) is 4.74 Å². The standard InChI is InChI=1S/C21H25N5O/c1-13-11-26(12-14(2)27-13)21-6-4-5-17(25-21)18-8-7-16-10-23-19(15(3)22)9-20(16)24-18/h4-10,13-15H,11-12,22H2,1-3H3/t13-,14+,15-/m1/s1. The van der Waals surface area contributed by atoms with Gasteiger partial charge in [0, 0.05) is 30.7 Å². The van der Waals surface area contributed by atoms with Gasteiger partial charge in [0.15, 0.2) is 0 Å². The lowest BCUT2D eigenvalue weighted by molar-refractivity contribution is -0.00545. The minimum Gasteiger partial charge on any atom is -0.372 e. The maximum absolute atomic E-state index is 5.96. The molecule has 0 bridgehead atoms. The van der Waals surface area contributed by atoms with Gasteiger partial charge in [0.05, 0.1) is 34.8 Å². The summed E-state index contributed by atoms with van der Waals surface area (Å²) in [7, 11) is 0. The molecule has 3 atom stereocenters. The first-order valence-electron chi connectivity index (χ1n) is 9.39. The van der Waals surface area contributed by atoms with Gasteiger partial charge < -0.3 is 15.4 Å². The Morgan fingerprint density at radius 3 is 2.56 bits per heavy atom. The molecule has 0 amide bonds. The number of pyridine rings is 3. The average Bonchev–Trinajstić information content (AvgIpc) is 2.66. The van der Waals surface area contributed by atoms with Crippen LogP contribution in [0.1, 0.15) is 32.5 Å². The molecule has 3 aromatic rings. The van der Waals surface area contributed by atoms with Crippen molar-refractivity contribution < 1.29 is 4.74 Å². The first kappa shape index (κ1) is 17.8. The fraction of sp³-hybridized carbons (Fsp3) is 0.381. The fourth-order valence-electron chi connectivity index (χ4n) is 3.53. The van der Waals surface area contributed by atoms with Crippen molar-refractivity contribution >= 4 is 16.7 Å². The van der Waals surface area contributed by atoms with Crippen LogP contribution in [0.15, 0.2) is 42.6 Å². The molecule has 6 nitrogen and oxygen atoms in total. The van der Waals surface area contributed by atoms with Gasteiger partial charge >= 0.3 is 0 Å². The highest BCUT2D eigenvalue weighted by atomic mass is 16.5. The van der Waals surface area contributed by atoms with Crippen LogP contribution in [0.25, 0.3) is 22.3 Å². The number of nitrogens with zero attached hydrogens (tertiary/aromatic N) is 4. The molecule has 4 rings (SSSR count). The molecule has 27 heavy (non-hydrogen) atoms. The van der Waals surface area contributed by atoms with E-state index in [1.807, 2.05) is 49.5 Å². The summed E-state index contributed by atoms with van der Waals surface area (Å²) in [6.07, 6.45) is 2.22. The van der Waals surface area contributed by atoms with Crippen LogP contribution in [0, 0.1) is 0 Å². The third kappa shape index (κ3) is 3.77. The molecular formula is C21H25N5O. The van der Waals surface area contributed by atoms with E-state index in [2.05, 4.69) is 23.7 Å². The molecule has 0 aromatic carbocycles. The fourth-order valence-corrected chi connectivity index (χ4v) is 3.53. The van der Waals surface area contributed by atoms with E-state index in [0.29, 0.717) is 0 Å². The number of rotatable bonds is 3. The van der Waals surface area contributed by atoms with Gasteiger partial charge in [0.1, 0.15) is 5.82 Å². The van der Waals surface area contributed by atoms with E-state index in [1.54, 1.807) is 0 Å². The summed E-state index contributed by atoms with van der Waals surface area (Å²) in [5.41, 5.74) is 9.39. The van der Waals surface area contributed by atoms with Crippen molar-refractivity contribution in [2.24, 2.45) is 5.73 Å². The molecule has 6 heteroatoms. The lowest BCUT2D eigenvalue weighted by Crippen LogP contribution is -2.45. The molecule has 1 fully saturated rings. The Bertz CT molecular complexity index is 948. The van der Waals surface area contributed by atoms with Gasteiger partial charge in [-0.15, -0.1) is 0 Å². The van der Waals surface area contributed by atoms with Gasteiger partial charge in [0.2, 0.25) is 0 Å². The van der Waals surface area contributed by atoms with Crippen LogP contribution in [0.2, 0.25) is 0 Å². The van der Waals surface area contributed by atoms with E-state index in [9.17, 15) is 0 Å². The molecular weight excluding hydrogens is 338 g/mol. The lowest BCUT2D eigenvalue weighted by Gasteiger charge is -2.36. The van der Waals surface area contributed by atoms with Crippen molar-refractivity contribution in [2.75, 3.05) is 18.0 Å². The van der Waals surface area contributed by atoms with Crippen molar-refractivity contribution in [2.45, 2.75) is 39.0 Å². The number of fused-ring (bicyclic) bond motifs is 1. The molecule has 4 heterocycles. The zero-order chi connectivity index (χ0) is 19.0. The average molecular weight is 363 g/mol. The normalized spacial score (nSPS) is 21.4. The summed E-state index contributed by atoms with van der Waals surface area (Å²) in [6, 6.07) is 11.9. The van der Waals surface area contributed by atoms with Crippen LogP contribution in [0.4, 0.5) is 5.82 Å². The molecule has 3 aromatic heterocycles. The van der Waals surface area contributed by atoms with Gasteiger partial charge in [0.25, 0.3) is 0 Å². The Morgan fingerprint density at radius 2 is 1.81 bits per heavy atom. The van der Waals surface area contributed by atoms with Gasteiger partial charge in [-0.05, 0) is 51.1 Å². The molecule has 2 N–H and O–H groups in total. The number of aromatic nitrogens is 3. The van der Waals surface area contributed by atoms with E-state index in [1.165, 1.54) is 0 Å². The maximum Gasteiger partial charge on any atom is 0.129 e. The minimum atomic E-state index is -0.119. The first-order valence-corrected chi connectivity index (χ1v) is 9.39. The van der Waals surface area contributed by atoms with Gasteiger partial charge in [-0.2, -0.15) is 0 Å². The Kier molecular flexibility index (Phi) is 4.76. The van der Waals surface area contributed by atoms with Crippen LogP contribution in [0.3, 0.4) is 0 Å². The molecule has 0 saturated carbocycles. The second kappa shape index (κ2) is 7.21. The van der Waals surface area contributed by atoms with Crippen LogP contribution in [0.5, 0.6) is 0 Å². The molecule has 0 spiro atoms. The number of ether oxygens (including phenoxy) is 1. The maximum atomic E-state index is 5.96. The minimum absolute atomic E-state index is 0.119. The van der Waals surface area contributed by atoms with Gasteiger partial charge in [-0.25, -0.2) is 9.97 Å². The predicted octanol–water partition coefficient (Wildman–Crippen LogP) is 3.33. The Balaban J connectivity index is 1.69. The smallest absolute Gasteiger partial charge is 0.129 e. The molecule has 1 aliphatic rings. The number of hydrogen-bond donors (Lipinski definition) is 1. The molecule has 0 aliphatic carbocycles. The number of morpholine rings is 1. The highest BCUT2D eigenvalue weighted by Crippen LogP contribution is 2.24. The van der Waals surface area contributed by atoms with E-state index < -0.39 is 0 Å². The molecule has 140 valence electrons. The summed E-state index contributed by atoms with van der Waals surface area (Å²) in [5, 5.41) is 0.995. The van der Waals surface area contributed by atoms with E-state index in [0.717, 1.165) is 46.9 Å². The third-order valence-corrected chi connectivity index (χ3v) is 4.80. The number of nitrogens with two attached hydrogens (primary N) is 1. The van der Waals surface area contributed by atoms with Crippen LogP contribution >= 0.6 is 0 Å². The second-order valence-corrected chi connectivity index (χ2v) is 7.33. The van der Waals surface area contributed by atoms with E-state index in [4.69, 9.17) is 20.4 Å². The van der Waals surface area contributed by atoms with Crippen molar-refractivity contribution in [3.63, 3.8) is 0 Å². The summed E-state index contributed by atoms with van der Waals surface area (Å²) < 4.78 is 5.83. The van der Waals surface area contributed by atoms with E-state index in [-0.39, 0.29) is 18.2 Å². The largest absolute Gasteiger partial charge is 0.372 e. The molecule has 0 unspecified atom stereocenters. The van der Waals surface area contributed by atoms with E-state index >= 15 is 0 Å². The Labute approximate surface area is 159 Å². The lowest BCUT2D eigenvalue weighted by atomic mass is 10.1. The Hall–Kier alpha value is -2.57. The number of hydrogen-bond acceptors (Lipinski definition) is 6. The molecule has 1 saturated heterocycles. The van der Waals surface area contributed by atoms with Gasteiger partial charge in [-0.3, -0.25) is 4.98 Å². The predicted molar refractivity (Wildman–Crippen MR) is 108 cm³/mol. The summed E-state index contributed by atoms with van der Waals surface area (Å²) in [4.78, 5) is 16.3. The second-order valence-electron chi connectivity index (χ2n) is 7.33. The van der Waals surface area contributed by atoms with Crippen molar-refractivity contribution in [1.29, 1.82) is 0 Å². The summed E-state index contributed by atoms with van der Waals surface area (Å²) in [5.74, 6) is 0.961. The summed E-state index contributed by atoms with van der Waals surface area (Å²) in [6.45, 7) is 7.81. The first-order chi connectivity index (χ1) is 13.0. The zero-order valence-electron chi connectivity index (χ0n) is 16.0. The molecule has 0 radical (unpaired) electrons. The SMILES string of the molecule is C[C@@H]1CN(c2cccc(-c3ccc4cnc([C@@H](C)N)cc4n3)n2)C[C@H](C)O1. The third-order valence-electron chi connectivity index (χ3n) is 4.80. The summed E-state index contributed by atoms with van der Waals surface area (Å²) >= 11 is 0. The van der Waals surface area contributed by atoms with Gasteiger partial charge in [-0.1, -0.05) is 6.07 Å². The highest BCUT2D eigenvalue weighted by molar-refractivity contribution is 5.80. The molecule has 1 aliphatic heterocycles. The zero-order valence-corrected chi connectivity index (χ0v) is 16.0. The van der Waals surface area contributed by atoms with Crippen molar-refractivity contribution in [3.05, 3.63) is 48.3 Å². The van der Waals surface area contributed by atoms with Crippen molar-refractivity contribution in [1.82, 2.24) is 15.0 Å². The Morgan fingerprint density at radius 1 is 1.07 bits per heavy atom. The number of anilines is 1. The topological polar surface area (TPSA) is 77.2 Å².